The van der Waals surface area contributed by atoms with Gasteiger partial charge in [0.2, 0.25) is 0 Å². The fourth-order valence-electron chi connectivity index (χ4n) is 2.15. The van der Waals surface area contributed by atoms with E-state index in [0.717, 1.165) is 6.42 Å². The number of benzene rings is 2. The Labute approximate surface area is 125 Å². The van der Waals surface area contributed by atoms with Gasteiger partial charge < -0.3 is 10.4 Å². The predicted molar refractivity (Wildman–Crippen MR) is 85.7 cm³/mol. The van der Waals surface area contributed by atoms with Gasteiger partial charge in [-0.3, -0.25) is 4.79 Å². The number of amides is 1. The molecule has 0 radical (unpaired) electrons. The third-order valence-electron chi connectivity index (χ3n) is 3.41. The van der Waals surface area contributed by atoms with Crippen LogP contribution < -0.4 is 5.32 Å². The summed E-state index contributed by atoms with van der Waals surface area (Å²) in [6.45, 7) is 2.19. The number of carbonyl (C=O) groups is 1. The Morgan fingerprint density at radius 3 is 2.29 bits per heavy atom. The third-order valence-corrected chi connectivity index (χ3v) is 3.41. The van der Waals surface area contributed by atoms with Crippen molar-refractivity contribution in [3.05, 3.63) is 59.7 Å². The summed E-state index contributed by atoms with van der Waals surface area (Å²) < 4.78 is 0. The quantitative estimate of drug-likeness (QED) is 0.610. The largest absolute Gasteiger partial charge is 0.508 e. The molecule has 21 heavy (non-hydrogen) atoms. The maximum absolute atomic E-state index is 12.1. The maximum Gasteiger partial charge on any atom is 0.255 e. The van der Waals surface area contributed by atoms with Gasteiger partial charge in [0.05, 0.1) is 0 Å². The van der Waals surface area contributed by atoms with Crippen LogP contribution in [0.3, 0.4) is 0 Å². The van der Waals surface area contributed by atoms with Crippen molar-refractivity contribution in [1.29, 1.82) is 0 Å². The van der Waals surface area contributed by atoms with Gasteiger partial charge in [0.15, 0.2) is 0 Å². The molecule has 1 amide bonds. The Hall–Kier alpha value is -2.29. The summed E-state index contributed by atoms with van der Waals surface area (Å²) in [5, 5.41) is 12.0. The number of carbonyl (C=O) groups excluding carboxylic acids is 1. The molecule has 2 aromatic carbocycles. The molecule has 0 heterocycles. The Morgan fingerprint density at radius 1 is 1.00 bits per heavy atom. The molecule has 0 aliphatic heterocycles. The molecule has 0 aromatic heterocycles. The first-order valence-electron chi connectivity index (χ1n) is 7.38. The Kier molecular flexibility index (Phi) is 5.38. The summed E-state index contributed by atoms with van der Waals surface area (Å²) in [5.41, 5.74) is 2.58. The average molecular weight is 283 g/mol. The lowest BCUT2D eigenvalue weighted by atomic mass is 10.1. The van der Waals surface area contributed by atoms with Gasteiger partial charge in [-0.05, 0) is 54.8 Å². The molecule has 3 nitrogen and oxygen atoms in total. The topological polar surface area (TPSA) is 49.3 Å². The van der Waals surface area contributed by atoms with Crippen LogP contribution in [0.4, 0.5) is 5.69 Å². The van der Waals surface area contributed by atoms with Crippen LogP contribution in [0.25, 0.3) is 0 Å². The normalized spacial score (nSPS) is 10.3. The summed E-state index contributed by atoms with van der Waals surface area (Å²) in [6.07, 6.45) is 4.71. The van der Waals surface area contributed by atoms with Crippen molar-refractivity contribution in [2.45, 2.75) is 32.6 Å². The molecule has 0 saturated heterocycles. The maximum atomic E-state index is 12.1. The van der Waals surface area contributed by atoms with Gasteiger partial charge in [-0.25, -0.2) is 0 Å². The van der Waals surface area contributed by atoms with E-state index in [0.29, 0.717) is 11.3 Å². The minimum absolute atomic E-state index is 0.138. The molecule has 0 aliphatic rings. The van der Waals surface area contributed by atoms with E-state index < -0.39 is 0 Å². The molecule has 0 bridgehead atoms. The minimum Gasteiger partial charge on any atom is -0.508 e. The number of rotatable bonds is 6. The number of hydrogen-bond donors (Lipinski definition) is 2. The zero-order valence-corrected chi connectivity index (χ0v) is 12.3. The number of nitrogens with one attached hydrogen (secondary N) is 1. The summed E-state index contributed by atoms with van der Waals surface area (Å²) in [5.74, 6) is 0.0465. The van der Waals surface area contributed by atoms with Crippen molar-refractivity contribution in [3.8, 4) is 5.75 Å². The smallest absolute Gasteiger partial charge is 0.255 e. The zero-order valence-electron chi connectivity index (χ0n) is 12.3. The third kappa shape index (κ3) is 4.63. The van der Waals surface area contributed by atoms with Crippen molar-refractivity contribution in [3.63, 3.8) is 0 Å². The van der Waals surface area contributed by atoms with Crippen molar-refractivity contribution in [1.82, 2.24) is 0 Å². The lowest BCUT2D eigenvalue weighted by Crippen LogP contribution is -2.11. The van der Waals surface area contributed by atoms with E-state index in [-0.39, 0.29) is 11.7 Å². The fourth-order valence-corrected chi connectivity index (χ4v) is 2.15. The Balaban J connectivity index is 1.94. The number of aromatic hydroxyl groups is 1. The van der Waals surface area contributed by atoms with E-state index in [1.54, 1.807) is 24.3 Å². The van der Waals surface area contributed by atoms with Gasteiger partial charge in [0.1, 0.15) is 5.75 Å². The first-order valence-corrected chi connectivity index (χ1v) is 7.38. The molecular formula is C18H21NO2. The highest BCUT2D eigenvalue weighted by Crippen LogP contribution is 2.15. The highest BCUT2D eigenvalue weighted by Gasteiger charge is 2.06. The average Bonchev–Trinajstić information content (AvgIpc) is 2.50. The molecule has 0 spiro atoms. The van der Waals surface area contributed by atoms with E-state index in [4.69, 9.17) is 0 Å². The molecule has 0 fully saturated rings. The second-order valence-electron chi connectivity index (χ2n) is 5.16. The van der Waals surface area contributed by atoms with Gasteiger partial charge in [0.25, 0.3) is 5.91 Å². The molecule has 0 atom stereocenters. The molecular weight excluding hydrogens is 262 g/mol. The number of phenols is 1. The lowest BCUT2D eigenvalue weighted by molar-refractivity contribution is 0.102. The van der Waals surface area contributed by atoms with Gasteiger partial charge >= 0.3 is 0 Å². The number of aryl methyl sites for hydroxylation is 1. The number of phenolic OH excluding ortho intramolecular Hbond substituents is 1. The van der Waals surface area contributed by atoms with E-state index in [1.165, 1.54) is 24.8 Å². The predicted octanol–water partition coefficient (Wildman–Crippen LogP) is 4.38. The minimum atomic E-state index is -0.138. The second kappa shape index (κ2) is 7.48. The molecule has 0 aliphatic carbocycles. The van der Waals surface area contributed by atoms with Crippen LogP contribution in [-0.4, -0.2) is 11.0 Å². The summed E-state index contributed by atoms with van der Waals surface area (Å²) in [7, 11) is 0. The first-order chi connectivity index (χ1) is 10.2. The zero-order chi connectivity index (χ0) is 15.1. The van der Waals surface area contributed by atoms with E-state index >= 15 is 0 Å². The number of unbranched alkanes of at least 4 members (excludes halogenated alkanes) is 2. The van der Waals surface area contributed by atoms with Crippen LogP contribution in [0.1, 0.15) is 42.1 Å². The monoisotopic (exact) mass is 283 g/mol. The molecule has 0 saturated carbocycles. The van der Waals surface area contributed by atoms with Crippen molar-refractivity contribution < 1.29 is 9.90 Å². The Morgan fingerprint density at radius 2 is 1.67 bits per heavy atom. The summed E-state index contributed by atoms with van der Waals surface area (Å²) >= 11 is 0. The molecule has 2 N–H and O–H groups in total. The van der Waals surface area contributed by atoms with E-state index in [1.807, 2.05) is 24.3 Å². The van der Waals surface area contributed by atoms with Crippen LogP contribution in [0.2, 0.25) is 0 Å². The van der Waals surface area contributed by atoms with Crippen molar-refractivity contribution in [2.24, 2.45) is 0 Å². The van der Waals surface area contributed by atoms with Gasteiger partial charge in [-0.2, -0.15) is 0 Å². The lowest BCUT2D eigenvalue weighted by Gasteiger charge is -2.06. The second-order valence-corrected chi connectivity index (χ2v) is 5.16. The highest BCUT2D eigenvalue weighted by molar-refractivity contribution is 6.04. The van der Waals surface area contributed by atoms with E-state index in [2.05, 4.69) is 12.2 Å². The summed E-state index contributed by atoms with van der Waals surface area (Å²) in [6, 6.07) is 14.2. The molecule has 110 valence electrons. The van der Waals surface area contributed by atoms with E-state index in [9.17, 15) is 9.90 Å². The standard InChI is InChI=1S/C18H21NO2/c1-2-3-4-5-14-6-8-15(9-7-14)18(21)19-16-10-12-17(20)13-11-16/h6-13,20H,2-5H2,1H3,(H,19,21). The van der Waals surface area contributed by atoms with Crippen LogP contribution in [-0.2, 0) is 6.42 Å². The van der Waals surface area contributed by atoms with Crippen LogP contribution in [0.15, 0.2) is 48.5 Å². The molecule has 2 rings (SSSR count). The number of anilines is 1. The Bertz CT molecular complexity index is 573. The van der Waals surface area contributed by atoms with Gasteiger partial charge in [-0.1, -0.05) is 31.9 Å². The van der Waals surface area contributed by atoms with Crippen LogP contribution >= 0.6 is 0 Å². The fraction of sp³-hybridized carbons (Fsp3) is 0.278. The highest BCUT2D eigenvalue weighted by atomic mass is 16.3. The van der Waals surface area contributed by atoms with Crippen LogP contribution in [0.5, 0.6) is 5.75 Å². The van der Waals surface area contributed by atoms with Gasteiger partial charge in [-0.15, -0.1) is 0 Å². The van der Waals surface area contributed by atoms with Gasteiger partial charge in [0, 0.05) is 11.3 Å². The number of hydrogen-bond acceptors (Lipinski definition) is 2. The molecule has 2 aromatic rings. The SMILES string of the molecule is CCCCCc1ccc(C(=O)Nc2ccc(O)cc2)cc1. The summed E-state index contributed by atoms with van der Waals surface area (Å²) in [4.78, 5) is 12.1. The van der Waals surface area contributed by atoms with Crippen molar-refractivity contribution >= 4 is 11.6 Å². The van der Waals surface area contributed by atoms with Crippen LogP contribution in [0, 0.1) is 0 Å². The van der Waals surface area contributed by atoms with Crippen molar-refractivity contribution in [2.75, 3.05) is 5.32 Å². The first kappa shape index (κ1) is 15.1. The molecule has 0 unspecified atom stereocenters. The molecule has 3 heteroatoms.